The van der Waals surface area contributed by atoms with Gasteiger partial charge in [0, 0.05) is 61.6 Å². The number of carbonyl (C=O) groups is 2. The van der Waals surface area contributed by atoms with E-state index in [9.17, 15) is 31.5 Å². The quantitative estimate of drug-likeness (QED) is 0.187. The number of aryl methyl sites for hydroxylation is 1. The first-order valence-electron chi connectivity index (χ1n) is 14.3. The highest BCUT2D eigenvalue weighted by molar-refractivity contribution is 6.45. The number of anilines is 1. The largest absolute Gasteiger partial charge is 0.435 e. The Morgan fingerprint density at radius 1 is 1.13 bits per heavy atom. The molecule has 1 aliphatic heterocycles. The van der Waals surface area contributed by atoms with Gasteiger partial charge < -0.3 is 20.9 Å². The zero-order valence-corrected chi connectivity index (χ0v) is 25.5. The third-order valence-corrected chi connectivity index (χ3v) is 6.79. The van der Waals surface area contributed by atoms with E-state index in [-0.39, 0.29) is 35.3 Å². The molecule has 0 unspecified atom stereocenters. The predicted molar refractivity (Wildman–Crippen MR) is 163 cm³/mol. The Morgan fingerprint density at radius 3 is 2.47 bits per heavy atom. The zero-order valence-electron chi connectivity index (χ0n) is 25.5. The number of hydrogen-bond donors (Lipinski definition) is 3. The first-order valence-corrected chi connectivity index (χ1v) is 14.3. The summed E-state index contributed by atoms with van der Waals surface area (Å²) in [5, 5.41) is 12.3. The molecule has 0 spiro atoms. The first-order chi connectivity index (χ1) is 21.3. The molecule has 1 fully saturated rings. The van der Waals surface area contributed by atoms with Gasteiger partial charge in [0.1, 0.15) is 6.54 Å². The molecule has 0 aliphatic carbocycles. The minimum atomic E-state index is -4.85. The van der Waals surface area contributed by atoms with Gasteiger partial charge in [0.25, 0.3) is 12.3 Å². The van der Waals surface area contributed by atoms with Gasteiger partial charge in [-0.3, -0.25) is 19.3 Å². The molecule has 1 aromatic carbocycles. The molecule has 3 rings (SSSR count). The molecule has 0 saturated carbocycles. The molecule has 2 heterocycles. The van der Waals surface area contributed by atoms with Crippen LogP contribution >= 0.6 is 0 Å². The molecule has 10 nitrogen and oxygen atoms in total. The SMILES string of the molecule is C/C=C\N=C(Nc1ccc(C(=O)NCC(=O)N2CCNCC2)c(CC)c1)C(C)=N/C=C(\C)c1cn(CC(F)F)nc1C(F)(F)F. The van der Waals surface area contributed by atoms with Gasteiger partial charge in [0.05, 0.1) is 12.3 Å². The third-order valence-electron chi connectivity index (χ3n) is 6.79. The van der Waals surface area contributed by atoms with E-state index in [1.54, 1.807) is 43.0 Å². The Kier molecular flexibility index (Phi) is 12.5. The lowest BCUT2D eigenvalue weighted by molar-refractivity contribution is -0.141. The molecule has 1 saturated heterocycles. The summed E-state index contributed by atoms with van der Waals surface area (Å²) in [6.07, 6.45) is -1.92. The van der Waals surface area contributed by atoms with Gasteiger partial charge in [-0.25, -0.2) is 13.8 Å². The second kappa shape index (κ2) is 16.1. The van der Waals surface area contributed by atoms with Gasteiger partial charge in [0.15, 0.2) is 11.5 Å². The molecule has 45 heavy (non-hydrogen) atoms. The van der Waals surface area contributed by atoms with Crippen molar-refractivity contribution in [3.8, 4) is 0 Å². The maximum Gasteiger partial charge on any atom is 0.435 e. The molecule has 1 aromatic heterocycles. The van der Waals surface area contributed by atoms with Crippen molar-refractivity contribution in [2.75, 3.05) is 38.0 Å². The average molecular weight is 637 g/mol. The summed E-state index contributed by atoms with van der Waals surface area (Å²) >= 11 is 0. The minimum Gasteiger partial charge on any atom is -0.343 e. The normalized spacial score (nSPS) is 15.2. The van der Waals surface area contributed by atoms with E-state index in [2.05, 4.69) is 31.0 Å². The van der Waals surface area contributed by atoms with Crippen LogP contribution in [0.25, 0.3) is 5.57 Å². The highest BCUT2D eigenvalue weighted by Crippen LogP contribution is 2.34. The van der Waals surface area contributed by atoms with Crippen LogP contribution in [0.5, 0.6) is 0 Å². The number of carbonyl (C=O) groups excluding carboxylic acids is 2. The van der Waals surface area contributed by atoms with Gasteiger partial charge in [-0.15, -0.1) is 0 Å². The first kappa shape index (κ1) is 35.1. The number of hydrogen-bond acceptors (Lipinski definition) is 6. The molecule has 2 amide bonds. The van der Waals surface area contributed by atoms with E-state index in [1.165, 1.54) is 19.3 Å². The molecule has 244 valence electrons. The maximum absolute atomic E-state index is 13.6. The summed E-state index contributed by atoms with van der Waals surface area (Å²) in [4.78, 5) is 35.7. The number of nitrogens with zero attached hydrogens (tertiary/aromatic N) is 5. The predicted octanol–water partition coefficient (Wildman–Crippen LogP) is 4.76. The van der Waals surface area contributed by atoms with E-state index in [0.717, 1.165) is 6.20 Å². The number of allylic oxidation sites excluding steroid dienone is 2. The van der Waals surface area contributed by atoms with Crippen LogP contribution < -0.4 is 16.0 Å². The van der Waals surface area contributed by atoms with Crippen molar-refractivity contribution in [3.63, 3.8) is 0 Å². The van der Waals surface area contributed by atoms with Crippen molar-refractivity contribution in [3.05, 3.63) is 65.3 Å². The van der Waals surface area contributed by atoms with Crippen LogP contribution in [-0.2, 0) is 23.9 Å². The number of piperazine rings is 1. The van der Waals surface area contributed by atoms with Crippen LogP contribution in [0.4, 0.5) is 27.6 Å². The fourth-order valence-electron chi connectivity index (χ4n) is 4.44. The van der Waals surface area contributed by atoms with Crippen molar-refractivity contribution in [1.29, 1.82) is 0 Å². The van der Waals surface area contributed by atoms with Gasteiger partial charge in [0.2, 0.25) is 5.91 Å². The summed E-state index contributed by atoms with van der Waals surface area (Å²) in [6.45, 7) is 8.13. The lowest BCUT2D eigenvalue weighted by Gasteiger charge is -2.27. The molecule has 0 atom stereocenters. The highest BCUT2D eigenvalue weighted by atomic mass is 19.4. The Balaban J connectivity index is 1.80. The molecule has 0 bridgehead atoms. The van der Waals surface area contributed by atoms with E-state index in [1.807, 2.05) is 6.92 Å². The molecule has 3 N–H and O–H groups in total. The highest BCUT2D eigenvalue weighted by Gasteiger charge is 2.37. The second-order valence-electron chi connectivity index (χ2n) is 10.2. The standard InChI is InChI=1S/C30H37F5N8O2/c1-5-9-37-28(20(4)38-15-19(3)24-17-43(18-25(31)32)41-27(24)30(33,34)35)40-22-7-8-23(21(6-2)14-22)29(45)39-16-26(44)42-12-10-36-11-13-42/h5,7-9,14-15,17,25,36H,6,10-13,16,18H2,1-4H3,(H,37,40)(H,39,45)/b9-5-,19-15+,38-20?. The number of amides is 2. The summed E-state index contributed by atoms with van der Waals surface area (Å²) in [6, 6.07) is 5.06. The molecule has 15 heteroatoms. The summed E-state index contributed by atoms with van der Waals surface area (Å²) < 4.78 is 66.8. The number of aromatic nitrogens is 2. The summed E-state index contributed by atoms with van der Waals surface area (Å²) in [5.41, 5.74) is 0.430. The minimum absolute atomic E-state index is 0.0617. The summed E-state index contributed by atoms with van der Waals surface area (Å²) in [5.74, 6) is -0.248. The molecular formula is C30H37F5N8O2. The smallest absolute Gasteiger partial charge is 0.343 e. The average Bonchev–Trinajstić information content (AvgIpc) is 3.44. The lowest BCUT2D eigenvalue weighted by atomic mass is 10.0. The van der Waals surface area contributed by atoms with Crippen LogP contribution in [0.15, 0.2) is 52.9 Å². The molecule has 1 aliphatic rings. The topological polar surface area (TPSA) is 116 Å². The van der Waals surface area contributed by atoms with E-state index in [0.29, 0.717) is 59.8 Å². The number of halogens is 5. The number of alkyl halides is 5. The number of nitrogens with one attached hydrogen (secondary N) is 3. The van der Waals surface area contributed by atoms with Gasteiger partial charge in [-0.1, -0.05) is 13.0 Å². The van der Waals surface area contributed by atoms with Crippen LogP contribution in [0.2, 0.25) is 0 Å². The third kappa shape index (κ3) is 10.1. The number of benzene rings is 1. The summed E-state index contributed by atoms with van der Waals surface area (Å²) in [7, 11) is 0. The Labute approximate surface area is 258 Å². The van der Waals surface area contributed by atoms with E-state index >= 15 is 0 Å². The Bertz CT molecular complexity index is 1470. The Morgan fingerprint density at radius 2 is 1.84 bits per heavy atom. The Hall–Kier alpha value is -4.40. The van der Waals surface area contributed by atoms with Gasteiger partial charge in [-0.2, -0.15) is 18.3 Å². The van der Waals surface area contributed by atoms with Crippen molar-refractivity contribution < 1.29 is 31.5 Å². The van der Waals surface area contributed by atoms with Gasteiger partial charge >= 0.3 is 6.18 Å². The lowest BCUT2D eigenvalue weighted by Crippen LogP contribution is -2.49. The van der Waals surface area contributed by atoms with Gasteiger partial charge in [-0.05, 0) is 56.5 Å². The molecule has 0 radical (unpaired) electrons. The number of aliphatic imine (C=N–C) groups is 2. The van der Waals surface area contributed by atoms with Crippen molar-refractivity contribution >= 4 is 34.6 Å². The van der Waals surface area contributed by atoms with E-state index in [4.69, 9.17) is 0 Å². The molecular weight excluding hydrogens is 599 g/mol. The second-order valence-corrected chi connectivity index (χ2v) is 10.2. The fraction of sp³-hybridized carbons (Fsp3) is 0.433. The zero-order chi connectivity index (χ0) is 33.1. The fourth-order valence-corrected chi connectivity index (χ4v) is 4.44. The number of rotatable bonds is 11. The van der Waals surface area contributed by atoms with Crippen LogP contribution in [0, 0.1) is 0 Å². The van der Waals surface area contributed by atoms with Crippen LogP contribution in [-0.4, -0.2) is 77.2 Å². The molecule has 2 aromatic rings. The maximum atomic E-state index is 13.6. The van der Waals surface area contributed by atoms with Crippen molar-refractivity contribution in [2.45, 2.75) is 53.3 Å². The van der Waals surface area contributed by atoms with Crippen molar-refractivity contribution in [1.82, 2.24) is 25.3 Å². The van der Waals surface area contributed by atoms with E-state index < -0.39 is 24.8 Å². The van der Waals surface area contributed by atoms with Crippen molar-refractivity contribution in [2.24, 2.45) is 9.98 Å². The van der Waals surface area contributed by atoms with Crippen LogP contribution in [0.3, 0.4) is 0 Å². The van der Waals surface area contributed by atoms with Crippen LogP contribution in [0.1, 0.15) is 54.9 Å². The number of amidine groups is 1. The monoisotopic (exact) mass is 636 g/mol.